The van der Waals surface area contributed by atoms with E-state index in [1.165, 1.54) is 6.07 Å². The van der Waals surface area contributed by atoms with Gasteiger partial charge in [0.15, 0.2) is 0 Å². The molecule has 1 aliphatic rings. The molecule has 0 radical (unpaired) electrons. The Labute approximate surface area is 122 Å². The first kappa shape index (κ1) is 15.3. The van der Waals surface area contributed by atoms with Crippen molar-refractivity contribution < 1.29 is 17.9 Å². The van der Waals surface area contributed by atoms with Crippen molar-refractivity contribution in [3.05, 3.63) is 29.3 Å². The van der Waals surface area contributed by atoms with Crippen molar-refractivity contribution in [2.45, 2.75) is 18.2 Å². The third-order valence-corrected chi connectivity index (χ3v) is 4.75. The highest BCUT2D eigenvalue weighted by Crippen LogP contribution is 2.21. The minimum absolute atomic E-state index is 0.0315. The van der Waals surface area contributed by atoms with Crippen molar-refractivity contribution in [1.29, 1.82) is 0 Å². The highest BCUT2D eigenvalue weighted by atomic mass is 35.7. The lowest BCUT2D eigenvalue weighted by Gasteiger charge is -2.10. The van der Waals surface area contributed by atoms with Gasteiger partial charge in [-0.2, -0.15) is 0 Å². The molecule has 0 aliphatic carbocycles. The topological polar surface area (TPSA) is 72.5 Å². The predicted octanol–water partition coefficient (Wildman–Crippen LogP) is 1.69. The molecule has 0 spiro atoms. The number of aryl methyl sites for hydroxylation is 1. The van der Waals surface area contributed by atoms with Gasteiger partial charge in [-0.25, -0.2) is 8.42 Å². The Morgan fingerprint density at radius 3 is 2.85 bits per heavy atom. The van der Waals surface area contributed by atoms with Crippen molar-refractivity contribution in [3.63, 3.8) is 0 Å². The monoisotopic (exact) mass is 317 g/mol. The van der Waals surface area contributed by atoms with Gasteiger partial charge in [0.1, 0.15) is 0 Å². The third-order valence-electron chi connectivity index (χ3n) is 3.29. The normalized spacial score (nSPS) is 19.0. The van der Waals surface area contributed by atoms with Gasteiger partial charge in [-0.1, -0.05) is 6.07 Å². The van der Waals surface area contributed by atoms with Gasteiger partial charge in [-0.05, 0) is 31.0 Å². The molecule has 1 aromatic rings. The fourth-order valence-electron chi connectivity index (χ4n) is 2.09. The lowest BCUT2D eigenvalue weighted by Crippen LogP contribution is -2.29. The van der Waals surface area contributed by atoms with Gasteiger partial charge in [0.25, 0.3) is 15.0 Å². The van der Waals surface area contributed by atoms with E-state index in [-0.39, 0.29) is 16.4 Å². The molecule has 1 saturated heterocycles. The maximum absolute atomic E-state index is 12.0. The summed E-state index contributed by atoms with van der Waals surface area (Å²) in [4.78, 5) is 12.0. The van der Waals surface area contributed by atoms with Crippen LogP contribution in [0.2, 0.25) is 0 Å². The quantitative estimate of drug-likeness (QED) is 0.858. The Balaban J connectivity index is 2.10. The molecular formula is C13H16ClNO4S. The summed E-state index contributed by atoms with van der Waals surface area (Å²) in [6, 6.07) is 4.46. The number of carbonyl (C=O) groups excluding carboxylic acids is 1. The highest BCUT2D eigenvalue weighted by Gasteiger charge is 2.19. The standard InChI is InChI=1S/C13H16ClNO4S/c1-9-2-3-11(6-12(9)20(14,17)18)13(16)15-7-10-4-5-19-8-10/h2-3,6,10H,4-5,7-8H2,1H3,(H,15,16). The first-order valence-electron chi connectivity index (χ1n) is 6.29. The molecule has 1 atom stereocenters. The fraction of sp³-hybridized carbons (Fsp3) is 0.462. The van der Waals surface area contributed by atoms with Crippen LogP contribution < -0.4 is 5.32 Å². The molecule has 1 aliphatic heterocycles. The van der Waals surface area contributed by atoms with E-state index >= 15 is 0 Å². The molecule has 1 aromatic carbocycles. The number of rotatable bonds is 4. The average Bonchev–Trinajstić information content (AvgIpc) is 2.88. The molecule has 1 unspecified atom stereocenters. The Bertz CT molecular complexity index is 609. The van der Waals surface area contributed by atoms with Crippen molar-refractivity contribution in [2.24, 2.45) is 5.92 Å². The second kappa shape index (κ2) is 6.11. The number of hydrogen-bond acceptors (Lipinski definition) is 4. The maximum atomic E-state index is 12.0. The zero-order valence-corrected chi connectivity index (χ0v) is 12.6. The van der Waals surface area contributed by atoms with E-state index in [0.717, 1.165) is 13.0 Å². The second-order valence-corrected chi connectivity index (χ2v) is 7.39. The zero-order valence-electron chi connectivity index (χ0n) is 11.1. The Morgan fingerprint density at radius 2 is 2.25 bits per heavy atom. The van der Waals surface area contributed by atoms with Crippen molar-refractivity contribution in [3.8, 4) is 0 Å². The van der Waals surface area contributed by atoms with Gasteiger partial charge in [-0.15, -0.1) is 0 Å². The number of amides is 1. The summed E-state index contributed by atoms with van der Waals surface area (Å²) in [6.45, 7) is 3.53. The van der Waals surface area contributed by atoms with Gasteiger partial charge >= 0.3 is 0 Å². The molecule has 0 bridgehead atoms. The molecule has 1 amide bonds. The van der Waals surface area contributed by atoms with E-state index < -0.39 is 9.05 Å². The SMILES string of the molecule is Cc1ccc(C(=O)NCC2CCOC2)cc1S(=O)(=O)Cl. The molecular weight excluding hydrogens is 302 g/mol. The first-order valence-corrected chi connectivity index (χ1v) is 8.60. The fourth-order valence-corrected chi connectivity index (χ4v) is 3.31. The van der Waals surface area contributed by atoms with Crippen LogP contribution in [0.3, 0.4) is 0 Å². The molecule has 1 heterocycles. The van der Waals surface area contributed by atoms with Crippen LogP contribution in [-0.4, -0.2) is 34.1 Å². The van der Waals surface area contributed by atoms with E-state index in [2.05, 4.69) is 5.32 Å². The summed E-state index contributed by atoms with van der Waals surface area (Å²) in [6.07, 6.45) is 0.926. The highest BCUT2D eigenvalue weighted by molar-refractivity contribution is 8.13. The van der Waals surface area contributed by atoms with E-state index in [4.69, 9.17) is 15.4 Å². The molecule has 2 rings (SSSR count). The summed E-state index contributed by atoms with van der Waals surface area (Å²) in [7, 11) is 1.50. The van der Waals surface area contributed by atoms with Crippen LogP contribution in [0.4, 0.5) is 0 Å². The van der Waals surface area contributed by atoms with Crippen molar-refractivity contribution in [2.75, 3.05) is 19.8 Å². The first-order chi connectivity index (χ1) is 9.38. The van der Waals surface area contributed by atoms with E-state index in [0.29, 0.717) is 24.6 Å². The summed E-state index contributed by atoms with van der Waals surface area (Å²) in [5.41, 5.74) is 0.800. The molecule has 1 N–H and O–H groups in total. The number of halogens is 1. The van der Waals surface area contributed by atoms with Gasteiger partial charge in [0, 0.05) is 35.3 Å². The van der Waals surface area contributed by atoms with Crippen LogP contribution in [0.1, 0.15) is 22.3 Å². The zero-order chi connectivity index (χ0) is 14.8. The van der Waals surface area contributed by atoms with Gasteiger partial charge in [-0.3, -0.25) is 4.79 Å². The van der Waals surface area contributed by atoms with E-state index in [1.807, 2.05) is 0 Å². The summed E-state index contributed by atoms with van der Waals surface area (Å²) < 4.78 is 28.1. The van der Waals surface area contributed by atoms with Crippen LogP contribution >= 0.6 is 10.7 Å². The number of nitrogens with one attached hydrogen (secondary N) is 1. The number of benzene rings is 1. The predicted molar refractivity (Wildman–Crippen MR) is 75.5 cm³/mol. The second-order valence-electron chi connectivity index (χ2n) is 4.86. The van der Waals surface area contributed by atoms with Crippen LogP contribution in [0.5, 0.6) is 0 Å². The third kappa shape index (κ3) is 3.71. The van der Waals surface area contributed by atoms with Crippen LogP contribution in [0.15, 0.2) is 23.1 Å². The Kier molecular flexibility index (Phi) is 4.67. The molecule has 0 aromatic heterocycles. The smallest absolute Gasteiger partial charge is 0.261 e. The molecule has 0 saturated carbocycles. The number of hydrogen-bond donors (Lipinski definition) is 1. The number of ether oxygens (including phenoxy) is 1. The summed E-state index contributed by atoms with van der Waals surface area (Å²) in [5, 5.41) is 2.78. The number of carbonyl (C=O) groups is 1. The molecule has 5 nitrogen and oxygen atoms in total. The minimum Gasteiger partial charge on any atom is -0.381 e. The molecule has 110 valence electrons. The molecule has 20 heavy (non-hydrogen) atoms. The minimum atomic E-state index is -3.85. The van der Waals surface area contributed by atoms with Crippen LogP contribution in [-0.2, 0) is 13.8 Å². The lowest BCUT2D eigenvalue weighted by atomic mass is 10.1. The average molecular weight is 318 g/mol. The van der Waals surface area contributed by atoms with Crippen molar-refractivity contribution >= 4 is 25.6 Å². The maximum Gasteiger partial charge on any atom is 0.261 e. The van der Waals surface area contributed by atoms with Crippen LogP contribution in [0.25, 0.3) is 0 Å². The summed E-state index contributed by atoms with van der Waals surface area (Å²) in [5.74, 6) is 0.0131. The van der Waals surface area contributed by atoms with Crippen molar-refractivity contribution in [1.82, 2.24) is 5.32 Å². The van der Waals surface area contributed by atoms with Crippen LogP contribution in [0, 0.1) is 12.8 Å². The molecule has 7 heteroatoms. The lowest BCUT2D eigenvalue weighted by molar-refractivity contribution is 0.0945. The van der Waals surface area contributed by atoms with E-state index in [9.17, 15) is 13.2 Å². The van der Waals surface area contributed by atoms with Gasteiger partial charge in [0.05, 0.1) is 11.5 Å². The van der Waals surface area contributed by atoms with Gasteiger partial charge in [0.2, 0.25) is 0 Å². The Hall–Kier alpha value is -1.11. The molecule has 1 fully saturated rings. The summed E-state index contributed by atoms with van der Waals surface area (Å²) >= 11 is 0. The van der Waals surface area contributed by atoms with Gasteiger partial charge < -0.3 is 10.1 Å². The Morgan fingerprint density at radius 1 is 1.50 bits per heavy atom. The van der Waals surface area contributed by atoms with E-state index in [1.54, 1.807) is 19.1 Å². The largest absolute Gasteiger partial charge is 0.381 e.